The number of H-pyrrole nitrogens is 1. The van der Waals surface area contributed by atoms with Gasteiger partial charge in [0.15, 0.2) is 0 Å². The van der Waals surface area contributed by atoms with Crippen molar-refractivity contribution >= 4 is 49.4 Å². The zero-order valence-corrected chi connectivity index (χ0v) is 13.1. The van der Waals surface area contributed by atoms with Crippen LogP contribution in [-0.4, -0.2) is 15.1 Å². The molecule has 0 bridgehead atoms. The van der Waals surface area contributed by atoms with Gasteiger partial charge in [-0.1, -0.05) is 34.1 Å². The molecule has 0 atom stereocenters. The number of phenolic OH excluding ortho intramolecular Hbond substituents is 1. The van der Waals surface area contributed by atoms with Crippen LogP contribution < -0.4 is 5.32 Å². The zero-order valence-electron chi connectivity index (χ0n) is 11.5. The van der Waals surface area contributed by atoms with E-state index in [0.29, 0.717) is 5.95 Å². The summed E-state index contributed by atoms with van der Waals surface area (Å²) in [7, 11) is 0. The molecule has 0 aliphatic heterocycles. The van der Waals surface area contributed by atoms with E-state index in [1.54, 1.807) is 12.1 Å². The number of halogens is 1. The second-order valence-corrected chi connectivity index (χ2v) is 6.00. The lowest BCUT2D eigenvalue weighted by Gasteiger charge is -2.07. The van der Waals surface area contributed by atoms with Crippen LogP contribution in [-0.2, 0) is 0 Å². The van der Waals surface area contributed by atoms with E-state index in [1.807, 2.05) is 42.5 Å². The van der Waals surface area contributed by atoms with Crippen LogP contribution in [0, 0.1) is 0 Å². The van der Waals surface area contributed by atoms with Crippen LogP contribution in [0.15, 0.2) is 59.1 Å². The lowest BCUT2D eigenvalue weighted by Crippen LogP contribution is -1.93. The van der Waals surface area contributed by atoms with Crippen LogP contribution in [0.2, 0.25) is 0 Å². The normalized spacial score (nSPS) is 11.1. The van der Waals surface area contributed by atoms with E-state index in [9.17, 15) is 5.11 Å². The van der Waals surface area contributed by atoms with Crippen LogP contribution in [0.25, 0.3) is 21.8 Å². The summed E-state index contributed by atoms with van der Waals surface area (Å²) >= 11 is 3.45. The molecule has 3 aromatic carbocycles. The predicted octanol–water partition coefficient (Wildman–Crippen LogP) is 4.93. The van der Waals surface area contributed by atoms with Crippen LogP contribution in [0.1, 0.15) is 0 Å². The Bertz CT molecular complexity index is 994. The number of nitrogens with one attached hydrogen (secondary N) is 2. The minimum absolute atomic E-state index is 0.246. The number of rotatable bonds is 2. The topological polar surface area (TPSA) is 60.9 Å². The molecule has 0 unspecified atom stereocenters. The Kier molecular flexibility index (Phi) is 3.01. The number of anilines is 2. The zero-order chi connectivity index (χ0) is 15.1. The maximum Gasteiger partial charge on any atom is 0.205 e. The molecule has 0 saturated heterocycles. The number of fused-ring (bicyclic) bond motifs is 2. The average Bonchev–Trinajstić information content (AvgIpc) is 2.89. The minimum atomic E-state index is 0.246. The first-order valence-electron chi connectivity index (χ1n) is 6.83. The highest BCUT2D eigenvalue weighted by Gasteiger charge is 2.06. The van der Waals surface area contributed by atoms with Crippen LogP contribution in [0.3, 0.4) is 0 Å². The van der Waals surface area contributed by atoms with Crippen molar-refractivity contribution in [2.24, 2.45) is 0 Å². The number of aromatic hydroxyl groups is 1. The lowest BCUT2D eigenvalue weighted by molar-refractivity contribution is 0.476. The first kappa shape index (κ1) is 13.2. The minimum Gasteiger partial charge on any atom is -0.508 e. The fraction of sp³-hybridized carbons (Fsp3) is 0. The van der Waals surface area contributed by atoms with Gasteiger partial charge >= 0.3 is 0 Å². The Morgan fingerprint density at radius 3 is 2.86 bits per heavy atom. The maximum atomic E-state index is 9.71. The molecule has 0 amide bonds. The van der Waals surface area contributed by atoms with E-state index in [-0.39, 0.29) is 5.75 Å². The maximum absolute atomic E-state index is 9.71. The van der Waals surface area contributed by atoms with Gasteiger partial charge in [-0.05, 0) is 41.8 Å². The van der Waals surface area contributed by atoms with Gasteiger partial charge in [0.05, 0.1) is 11.0 Å². The van der Waals surface area contributed by atoms with E-state index in [2.05, 4.69) is 31.2 Å². The fourth-order valence-electron chi connectivity index (χ4n) is 2.54. The standard InChI is InChI=1S/C17H12BrN3O/c18-11-5-7-15-16(8-11)21-17(20-15)19-14-3-1-2-10-4-6-12(22)9-13(10)14/h1-9,22H,(H2,19,20,21). The van der Waals surface area contributed by atoms with E-state index >= 15 is 0 Å². The van der Waals surface area contributed by atoms with Crippen LogP contribution in [0.5, 0.6) is 5.75 Å². The van der Waals surface area contributed by atoms with Gasteiger partial charge in [0.25, 0.3) is 0 Å². The van der Waals surface area contributed by atoms with E-state index in [0.717, 1.165) is 32.0 Å². The Labute approximate surface area is 134 Å². The summed E-state index contributed by atoms with van der Waals surface area (Å²) in [6, 6.07) is 17.2. The quantitative estimate of drug-likeness (QED) is 0.478. The van der Waals surface area contributed by atoms with Crippen molar-refractivity contribution in [3.8, 4) is 5.75 Å². The van der Waals surface area contributed by atoms with E-state index in [1.165, 1.54) is 0 Å². The molecule has 3 N–H and O–H groups in total. The molecule has 4 rings (SSSR count). The molecule has 1 heterocycles. The molecule has 0 fully saturated rings. The smallest absolute Gasteiger partial charge is 0.205 e. The van der Waals surface area contributed by atoms with Gasteiger partial charge < -0.3 is 15.4 Å². The highest BCUT2D eigenvalue weighted by atomic mass is 79.9. The monoisotopic (exact) mass is 353 g/mol. The lowest BCUT2D eigenvalue weighted by atomic mass is 10.1. The predicted molar refractivity (Wildman–Crippen MR) is 92.7 cm³/mol. The van der Waals surface area contributed by atoms with E-state index in [4.69, 9.17) is 0 Å². The van der Waals surface area contributed by atoms with Crippen molar-refractivity contribution in [1.82, 2.24) is 9.97 Å². The number of nitrogens with zero attached hydrogens (tertiary/aromatic N) is 1. The number of aromatic amines is 1. The van der Waals surface area contributed by atoms with Crippen molar-refractivity contribution < 1.29 is 5.11 Å². The summed E-state index contributed by atoms with van der Waals surface area (Å²) < 4.78 is 1.00. The number of hydrogen-bond donors (Lipinski definition) is 3. The van der Waals surface area contributed by atoms with Gasteiger partial charge in [0, 0.05) is 15.5 Å². The Morgan fingerprint density at radius 2 is 1.95 bits per heavy atom. The highest BCUT2D eigenvalue weighted by molar-refractivity contribution is 9.10. The SMILES string of the molecule is Oc1ccc2cccc(Nc3nc4ccc(Br)cc4[nH]3)c2c1. The molecule has 0 radical (unpaired) electrons. The van der Waals surface area contributed by atoms with Gasteiger partial charge in [-0.25, -0.2) is 4.98 Å². The third kappa shape index (κ3) is 2.29. The molecule has 22 heavy (non-hydrogen) atoms. The Balaban J connectivity index is 1.80. The first-order valence-corrected chi connectivity index (χ1v) is 7.62. The van der Waals surface area contributed by atoms with Gasteiger partial charge in [0.2, 0.25) is 5.95 Å². The van der Waals surface area contributed by atoms with E-state index < -0.39 is 0 Å². The van der Waals surface area contributed by atoms with Gasteiger partial charge in [-0.15, -0.1) is 0 Å². The van der Waals surface area contributed by atoms with Crippen molar-refractivity contribution in [3.63, 3.8) is 0 Å². The first-order chi connectivity index (χ1) is 10.7. The number of benzene rings is 3. The van der Waals surface area contributed by atoms with Crippen molar-refractivity contribution in [2.75, 3.05) is 5.32 Å². The van der Waals surface area contributed by atoms with Crippen molar-refractivity contribution in [1.29, 1.82) is 0 Å². The third-order valence-corrected chi connectivity index (χ3v) is 4.06. The molecule has 108 valence electrons. The van der Waals surface area contributed by atoms with Crippen molar-refractivity contribution in [3.05, 3.63) is 59.1 Å². The number of imidazole rings is 1. The molecule has 5 heteroatoms. The third-order valence-electron chi connectivity index (χ3n) is 3.56. The summed E-state index contributed by atoms with van der Waals surface area (Å²) in [5.74, 6) is 0.916. The highest BCUT2D eigenvalue weighted by Crippen LogP contribution is 2.29. The summed E-state index contributed by atoms with van der Waals surface area (Å²) in [5.41, 5.74) is 2.75. The summed E-state index contributed by atoms with van der Waals surface area (Å²) in [6.07, 6.45) is 0. The summed E-state index contributed by atoms with van der Waals surface area (Å²) in [4.78, 5) is 7.78. The van der Waals surface area contributed by atoms with Gasteiger partial charge in [-0.2, -0.15) is 0 Å². The molecule has 0 spiro atoms. The molecular formula is C17H12BrN3O. The second-order valence-electron chi connectivity index (χ2n) is 5.08. The number of phenols is 1. The molecule has 0 aliphatic carbocycles. The largest absolute Gasteiger partial charge is 0.508 e. The van der Waals surface area contributed by atoms with Crippen molar-refractivity contribution in [2.45, 2.75) is 0 Å². The van der Waals surface area contributed by atoms with Gasteiger partial charge in [-0.3, -0.25) is 0 Å². The molecule has 4 nitrogen and oxygen atoms in total. The molecule has 0 saturated carbocycles. The molecule has 0 aliphatic rings. The van der Waals surface area contributed by atoms with Crippen LogP contribution in [0.4, 0.5) is 11.6 Å². The fourth-order valence-corrected chi connectivity index (χ4v) is 2.90. The molecule has 1 aromatic heterocycles. The molecule has 4 aromatic rings. The number of aromatic nitrogens is 2. The molecular weight excluding hydrogens is 342 g/mol. The Morgan fingerprint density at radius 1 is 1.05 bits per heavy atom. The summed E-state index contributed by atoms with van der Waals surface area (Å²) in [6.45, 7) is 0. The van der Waals surface area contributed by atoms with Crippen LogP contribution >= 0.6 is 15.9 Å². The van der Waals surface area contributed by atoms with Gasteiger partial charge in [0.1, 0.15) is 5.75 Å². The summed E-state index contributed by atoms with van der Waals surface area (Å²) in [5, 5.41) is 15.0. The number of hydrogen-bond acceptors (Lipinski definition) is 3. The second kappa shape index (κ2) is 5.03. The Hall–Kier alpha value is -2.53. The average molecular weight is 354 g/mol.